The van der Waals surface area contributed by atoms with Crippen molar-refractivity contribution in [2.24, 2.45) is 17.8 Å². The third-order valence-corrected chi connectivity index (χ3v) is 2.98. The predicted molar refractivity (Wildman–Crippen MR) is 45.0 cm³/mol. The van der Waals surface area contributed by atoms with Crippen LogP contribution in [-0.4, -0.2) is 13.6 Å². The van der Waals surface area contributed by atoms with Crippen molar-refractivity contribution in [2.75, 3.05) is 13.6 Å². The molecule has 0 heterocycles. The standard InChI is InChI=1S/C9H19N/c1-7-4-5-8(2)9(7)6-10-3/h7-10H,4-6H2,1-3H3. The summed E-state index contributed by atoms with van der Waals surface area (Å²) in [6, 6.07) is 0. The summed E-state index contributed by atoms with van der Waals surface area (Å²) in [5.41, 5.74) is 0. The van der Waals surface area contributed by atoms with Gasteiger partial charge in [-0.3, -0.25) is 0 Å². The average molecular weight is 141 g/mol. The molecule has 0 saturated heterocycles. The molecule has 60 valence electrons. The van der Waals surface area contributed by atoms with Gasteiger partial charge in [0.25, 0.3) is 0 Å². The summed E-state index contributed by atoms with van der Waals surface area (Å²) in [6.07, 6.45) is 2.88. The minimum absolute atomic E-state index is 0.935. The van der Waals surface area contributed by atoms with Gasteiger partial charge in [0, 0.05) is 0 Å². The zero-order chi connectivity index (χ0) is 7.56. The SMILES string of the molecule is CNCC1C(C)CCC1C. The minimum Gasteiger partial charge on any atom is -0.319 e. The molecule has 1 aliphatic rings. The van der Waals surface area contributed by atoms with E-state index < -0.39 is 0 Å². The zero-order valence-electron chi connectivity index (χ0n) is 7.35. The van der Waals surface area contributed by atoms with Gasteiger partial charge in [0.1, 0.15) is 0 Å². The van der Waals surface area contributed by atoms with E-state index in [0.29, 0.717) is 0 Å². The molecule has 0 bridgehead atoms. The molecule has 1 saturated carbocycles. The fourth-order valence-corrected chi connectivity index (χ4v) is 2.15. The Bertz CT molecular complexity index is 90.9. The molecular formula is C9H19N. The van der Waals surface area contributed by atoms with Gasteiger partial charge in [-0.2, -0.15) is 0 Å². The van der Waals surface area contributed by atoms with E-state index in [9.17, 15) is 0 Å². The topological polar surface area (TPSA) is 12.0 Å². The zero-order valence-corrected chi connectivity index (χ0v) is 7.35. The van der Waals surface area contributed by atoms with Crippen molar-refractivity contribution in [3.8, 4) is 0 Å². The maximum atomic E-state index is 3.27. The lowest BCUT2D eigenvalue weighted by Gasteiger charge is -2.18. The Hall–Kier alpha value is -0.0400. The van der Waals surface area contributed by atoms with Gasteiger partial charge in [-0.05, 0) is 31.3 Å². The minimum atomic E-state index is 0.935. The van der Waals surface area contributed by atoms with Crippen molar-refractivity contribution in [3.63, 3.8) is 0 Å². The number of nitrogens with one attached hydrogen (secondary N) is 1. The predicted octanol–water partition coefficient (Wildman–Crippen LogP) is 1.89. The maximum Gasteiger partial charge on any atom is -0.00184 e. The lowest BCUT2D eigenvalue weighted by molar-refractivity contribution is 0.337. The van der Waals surface area contributed by atoms with E-state index in [2.05, 4.69) is 26.2 Å². The number of rotatable bonds is 2. The van der Waals surface area contributed by atoms with Crippen molar-refractivity contribution < 1.29 is 0 Å². The van der Waals surface area contributed by atoms with E-state index in [1.165, 1.54) is 19.4 Å². The summed E-state index contributed by atoms with van der Waals surface area (Å²) in [7, 11) is 2.05. The van der Waals surface area contributed by atoms with Crippen LogP contribution in [0.5, 0.6) is 0 Å². The van der Waals surface area contributed by atoms with Gasteiger partial charge >= 0.3 is 0 Å². The molecule has 1 nitrogen and oxygen atoms in total. The summed E-state index contributed by atoms with van der Waals surface area (Å²) < 4.78 is 0. The van der Waals surface area contributed by atoms with Crippen molar-refractivity contribution >= 4 is 0 Å². The molecule has 1 aliphatic carbocycles. The highest BCUT2D eigenvalue weighted by molar-refractivity contribution is 4.80. The van der Waals surface area contributed by atoms with E-state index >= 15 is 0 Å². The van der Waals surface area contributed by atoms with Crippen LogP contribution in [-0.2, 0) is 0 Å². The van der Waals surface area contributed by atoms with Crippen molar-refractivity contribution in [1.82, 2.24) is 5.32 Å². The van der Waals surface area contributed by atoms with Crippen LogP contribution in [0.15, 0.2) is 0 Å². The first-order valence-electron chi connectivity index (χ1n) is 4.40. The molecule has 0 spiro atoms. The number of hydrogen-bond donors (Lipinski definition) is 1. The molecule has 2 unspecified atom stereocenters. The molecular weight excluding hydrogens is 122 g/mol. The summed E-state index contributed by atoms with van der Waals surface area (Å²) in [4.78, 5) is 0. The lowest BCUT2D eigenvalue weighted by Crippen LogP contribution is -2.24. The third kappa shape index (κ3) is 1.51. The first-order chi connectivity index (χ1) is 4.75. The second kappa shape index (κ2) is 3.38. The summed E-state index contributed by atoms with van der Waals surface area (Å²) in [5.74, 6) is 2.83. The van der Waals surface area contributed by atoms with Crippen molar-refractivity contribution in [3.05, 3.63) is 0 Å². The molecule has 1 N–H and O–H groups in total. The van der Waals surface area contributed by atoms with Gasteiger partial charge in [0.2, 0.25) is 0 Å². The molecule has 1 fully saturated rings. The van der Waals surface area contributed by atoms with Crippen LogP contribution < -0.4 is 5.32 Å². The molecule has 0 radical (unpaired) electrons. The third-order valence-electron chi connectivity index (χ3n) is 2.98. The van der Waals surface area contributed by atoms with Gasteiger partial charge in [0.05, 0.1) is 0 Å². The summed E-state index contributed by atoms with van der Waals surface area (Å²) in [6.45, 7) is 5.97. The quantitative estimate of drug-likeness (QED) is 0.619. The van der Waals surface area contributed by atoms with E-state index in [1.807, 2.05) is 0 Å². The molecule has 1 rings (SSSR count). The molecule has 0 aromatic heterocycles. The van der Waals surface area contributed by atoms with Crippen molar-refractivity contribution in [1.29, 1.82) is 0 Å². The van der Waals surface area contributed by atoms with E-state index in [4.69, 9.17) is 0 Å². The van der Waals surface area contributed by atoms with Crippen LogP contribution in [0.2, 0.25) is 0 Å². The molecule has 0 aromatic rings. The first kappa shape index (κ1) is 8.06. The lowest BCUT2D eigenvalue weighted by atomic mass is 9.92. The van der Waals surface area contributed by atoms with Crippen LogP contribution in [0.1, 0.15) is 26.7 Å². The largest absolute Gasteiger partial charge is 0.319 e. The molecule has 0 aliphatic heterocycles. The van der Waals surface area contributed by atoms with Crippen LogP contribution in [0.25, 0.3) is 0 Å². The van der Waals surface area contributed by atoms with Crippen molar-refractivity contribution in [2.45, 2.75) is 26.7 Å². The Morgan fingerprint density at radius 3 is 2.10 bits per heavy atom. The molecule has 1 heteroatoms. The molecule has 0 aromatic carbocycles. The Labute approximate surface area is 64.2 Å². The normalized spacial score (nSPS) is 40.5. The second-order valence-electron chi connectivity index (χ2n) is 3.75. The molecule has 10 heavy (non-hydrogen) atoms. The van der Waals surface area contributed by atoms with Crippen LogP contribution in [0.3, 0.4) is 0 Å². The fraction of sp³-hybridized carbons (Fsp3) is 1.00. The fourth-order valence-electron chi connectivity index (χ4n) is 2.15. The van der Waals surface area contributed by atoms with E-state index in [1.54, 1.807) is 0 Å². The first-order valence-corrected chi connectivity index (χ1v) is 4.40. The van der Waals surface area contributed by atoms with Gasteiger partial charge in [-0.1, -0.05) is 26.7 Å². The average Bonchev–Trinajstić information content (AvgIpc) is 2.20. The van der Waals surface area contributed by atoms with E-state index in [-0.39, 0.29) is 0 Å². The maximum absolute atomic E-state index is 3.27. The summed E-state index contributed by atoms with van der Waals surface area (Å²) in [5, 5.41) is 3.27. The Morgan fingerprint density at radius 1 is 1.20 bits per heavy atom. The highest BCUT2D eigenvalue weighted by Gasteiger charge is 2.28. The summed E-state index contributed by atoms with van der Waals surface area (Å²) >= 11 is 0. The second-order valence-corrected chi connectivity index (χ2v) is 3.75. The van der Waals surface area contributed by atoms with Gasteiger partial charge in [-0.25, -0.2) is 0 Å². The van der Waals surface area contributed by atoms with Crippen LogP contribution >= 0.6 is 0 Å². The monoisotopic (exact) mass is 141 g/mol. The number of hydrogen-bond acceptors (Lipinski definition) is 1. The molecule has 2 atom stereocenters. The Morgan fingerprint density at radius 2 is 1.70 bits per heavy atom. The Balaban J connectivity index is 2.38. The smallest absolute Gasteiger partial charge is 0.00184 e. The van der Waals surface area contributed by atoms with Gasteiger partial charge < -0.3 is 5.32 Å². The van der Waals surface area contributed by atoms with Gasteiger partial charge in [0.15, 0.2) is 0 Å². The Kier molecular flexibility index (Phi) is 2.72. The van der Waals surface area contributed by atoms with E-state index in [0.717, 1.165) is 17.8 Å². The van der Waals surface area contributed by atoms with Gasteiger partial charge in [-0.15, -0.1) is 0 Å². The van der Waals surface area contributed by atoms with Crippen LogP contribution in [0.4, 0.5) is 0 Å². The highest BCUT2D eigenvalue weighted by atomic mass is 14.8. The van der Waals surface area contributed by atoms with Crippen LogP contribution in [0, 0.1) is 17.8 Å². The molecule has 0 amide bonds. The highest BCUT2D eigenvalue weighted by Crippen LogP contribution is 2.35.